The minimum Gasteiger partial charge on any atom is -0.494 e. The third-order valence-electron chi connectivity index (χ3n) is 12.2. The molecule has 1 aromatic heterocycles. The summed E-state index contributed by atoms with van der Waals surface area (Å²) in [6.45, 7) is 6.33. The lowest BCUT2D eigenvalue weighted by Crippen LogP contribution is -2.60. The Hall–Kier alpha value is -4.68. The highest BCUT2D eigenvalue weighted by atomic mass is 32.2. The van der Waals surface area contributed by atoms with Crippen LogP contribution in [0.2, 0.25) is 0 Å². The Labute approximate surface area is 340 Å². The van der Waals surface area contributed by atoms with Gasteiger partial charge in [-0.2, -0.15) is 13.2 Å². The van der Waals surface area contributed by atoms with Gasteiger partial charge in [0.2, 0.25) is 33.3 Å². The zero-order valence-electron chi connectivity index (χ0n) is 33.8. The van der Waals surface area contributed by atoms with E-state index < -0.39 is 91.7 Å². The van der Waals surface area contributed by atoms with Crippen LogP contribution in [0.25, 0.3) is 10.8 Å². The van der Waals surface area contributed by atoms with Crippen molar-refractivity contribution in [1.82, 2.24) is 25.2 Å². The van der Waals surface area contributed by atoms with Crippen molar-refractivity contribution in [2.45, 2.75) is 126 Å². The summed E-state index contributed by atoms with van der Waals surface area (Å²) in [6, 6.07) is 1.34. The molecule has 4 aliphatic rings. The molecule has 2 saturated carbocycles. The predicted octanol–water partition coefficient (Wildman–Crippen LogP) is 5.44. The van der Waals surface area contributed by atoms with Crippen LogP contribution in [-0.2, 0) is 29.1 Å². The number of halogens is 4. The van der Waals surface area contributed by atoms with E-state index in [2.05, 4.69) is 20.3 Å². The molecule has 324 valence electrons. The number of nitrogens with zero attached hydrogens (tertiary/aromatic N) is 2. The lowest BCUT2D eigenvalue weighted by atomic mass is 9.88. The maximum atomic E-state index is 14.9. The molecule has 19 heteroatoms. The number of aromatic nitrogens is 1. The summed E-state index contributed by atoms with van der Waals surface area (Å²) in [5.41, 5.74) is -4.60. The number of sulfonamides is 1. The van der Waals surface area contributed by atoms with Gasteiger partial charge in [0.25, 0.3) is 5.91 Å². The van der Waals surface area contributed by atoms with Gasteiger partial charge in [-0.25, -0.2) is 22.6 Å². The van der Waals surface area contributed by atoms with Gasteiger partial charge in [0.05, 0.1) is 18.4 Å². The molecule has 7 unspecified atom stereocenters. The van der Waals surface area contributed by atoms with Crippen molar-refractivity contribution in [3.63, 3.8) is 0 Å². The van der Waals surface area contributed by atoms with Gasteiger partial charge in [0.1, 0.15) is 23.7 Å². The van der Waals surface area contributed by atoms with Gasteiger partial charge in [-0.05, 0) is 94.2 Å². The molecule has 59 heavy (non-hydrogen) atoms. The maximum Gasteiger partial charge on any atom is 0.427 e. The predicted molar refractivity (Wildman–Crippen MR) is 206 cm³/mol. The minimum atomic E-state index is -4.94. The fourth-order valence-electron chi connectivity index (χ4n) is 8.09. The van der Waals surface area contributed by atoms with E-state index in [4.69, 9.17) is 14.2 Å². The molecule has 7 atom stereocenters. The Kier molecular flexibility index (Phi) is 11.9. The van der Waals surface area contributed by atoms with Crippen molar-refractivity contribution in [3.8, 4) is 11.6 Å². The molecule has 6 rings (SSSR count). The van der Waals surface area contributed by atoms with E-state index in [0.717, 1.165) is 4.90 Å². The molecule has 3 heterocycles. The van der Waals surface area contributed by atoms with Crippen LogP contribution in [0.1, 0.15) is 86.0 Å². The van der Waals surface area contributed by atoms with Gasteiger partial charge >= 0.3 is 12.3 Å². The smallest absolute Gasteiger partial charge is 0.427 e. The molecule has 0 spiro atoms. The summed E-state index contributed by atoms with van der Waals surface area (Å²) in [5.74, 6) is -4.66. The van der Waals surface area contributed by atoms with Crippen molar-refractivity contribution in [3.05, 3.63) is 42.4 Å². The zero-order valence-corrected chi connectivity index (χ0v) is 34.6. The molecular formula is C40H51F4N5O9S. The number of carbonyl (C=O) groups excluding carboxylic acids is 4. The second-order valence-electron chi connectivity index (χ2n) is 16.9. The number of alkyl halides is 3. The van der Waals surface area contributed by atoms with E-state index in [9.17, 15) is 45.2 Å². The maximum absolute atomic E-state index is 14.9. The summed E-state index contributed by atoms with van der Waals surface area (Å²) < 4.78 is 100. The highest BCUT2D eigenvalue weighted by Gasteiger charge is 2.63. The molecule has 0 radical (unpaired) electrons. The number of hydrogen-bond acceptors (Lipinski definition) is 10. The standard InChI is InChI=1S/C40H51F4N5O9S/c1-7-38(13-14-38)59(54,55)48-35(52)39-20-25(39)11-9-8-10-22(2)16-23(3)31(46-36(53)58-37(4,5)40(42,43)44)34(51)49-21-26(18-29(49)32(50)47-39)57-33-27-19-28(41)30(56-6)17-24(27)12-15-45-33/h9,11-12,15,17,19,22-23,25-26,29,31H,7-8,10,13-14,16,18,20-21H2,1-6H3,(H,46,53)(H,47,50)(H,48,52). The monoisotopic (exact) mass is 853 g/mol. The number of alkyl carbamates (subject to hydrolysis) is 1. The van der Waals surface area contributed by atoms with Crippen LogP contribution >= 0.6 is 0 Å². The average Bonchev–Trinajstić information content (AvgIpc) is 4.06. The van der Waals surface area contributed by atoms with Gasteiger partial charge < -0.3 is 29.7 Å². The van der Waals surface area contributed by atoms with E-state index >= 15 is 0 Å². The third kappa shape index (κ3) is 8.80. The summed E-state index contributed by atoms with van der Waals surface area (Å²) >= 11 is 0. The van der Waals surface area contributed by atoms with Crippen LogP contribution < -0.4 is 24.8 Å². The fraction of sp³-hybridized carbons (Fsp3) is 0.625. The Bertz CT molecular complexity index is 2130. The topological polar surface area (TPSA) is 182 Å². The van der Waals surface area contributed by atoms with Crippen LogP contribution in [0, 0.1) is 23.6 Å². The fourth-order valence-corrected chi connectivity index (χ4v) is 9.75. The number of rotatable bonds is 9. The third-order valence-corrected chi connectivity index (χ3v) is 14.5. The van der Waals surface area contributed by atoms with E-state index in [1.165, 1.54) is 25.4 Å². The van der Waals surface area contributed by atoms with Crippen molar-refractivity contribution in [2.75, 3.05) is 13.7 Å². The van der Waals surface area contributed by atoms with Crippen LogP contribution in [0.15, 0.2) is 36.5 Å². The summed E-state index contributed by atoms with van der Waals surface area (Å²) in [7, 11) is -2.80. The number of allylic oxidation sites excluding steroid dienone is 1. The van der Waals surface area contributed by atoms with Crippen molar-refractivity contribution >= 4 is 44.6 Å². The molecule has 1 saturated heterocycles. The zero-order chi connectivity index (χ0) is 43.3. The molecule has 4 amide bonds. The quantitative estimate of drug-likeness (QED) is 0.217. The van der Waals surface area contributed by atoms with Crippen molar-refractivity contribution < 1.29 is 59.4 Å². The van der Waals surface area contributed by atoms with Gasteiger partial charge in [-0.1, -0.05) is 32.9 Å². The van der Waals surface area contributed by atoms with Gasteiger partial charge in [0, 0.05) is 23.9 Å². The molecule has 14 nitrogen and oxygen atoms in total. The summed E-state index contributed by atoms with van der Waals surface area (Å²) in [5, 5.41) is 5.88. The van der Waals surface area contributed by atoms with E-state index in [0.29, 0.717) is 51.3 Å². The Morgan fingerprint density at radius 2 is 1.83 bits per heavy atom. The number of fused-ring (bicyclic) bond motifs is 3. The first-order valence-electron chi connectivity index (χ1n) is 19.8. The van der Waals surface area contributed by atoms with Crippen LogP contribution in [0.3, 0.4) is 0 Å². The second kappa shape index (κ2) is 16.1. The first-order valence-corrected chi connectivity index (χ1v) is 21.3. The first-order chi connectivity index (χ1) is 27.6. The molecule has 2 aromatic rings. The highest BCUT2D eigenvalue weighted by molar-refractivity contribution is 7.91. The summed E-state index contributed by atoms with van der Waals surface area (Å²) in [4.78, 5) is 61.8. The largest absolute Gasteiger partial charge is 0.494 e. The Balaban J connectivity index is 1.36. The lowest BCUT2D eigenvalue weighted by Gasteiger charge is -2.34. The van der Waals surface area contributed by atoms with Crippen LogP contribution in [0.5, 0.6) is 11.6 Å². The Morgan fingerprint density at radius 3 is 2.47 bits per heavy atom. The lowest BCUT2D eigenvalue weighted by molar-refractivity contribution is -0.244. The number of carbonyl (C=O) groups is 4. The SMILES string of the molecule is CCC1(S(=O)(=O)NC(=O)C23CC2C=CCCC(C)CC(C)C(NC(=O)OC(C)(C)C(F)(F)F)C(=O)N2CC(Oc4nccc5cc(OC)c(F)cc45)CC2C(=O)N3)CC1. The van der Waals surface area contributed by atoms with Crippen molar-refractivity contribution in [1.29, 1.82) is 0 Å². The van der Waals surface area contributed by atoms with E-state index in [-0.39, 0.29) is 48.7 Å². The van der Waals surface area contributed by atoms with E-state index in [1.807, 2.05) is 13.0 Å². The van der Waals surface area contributed by atoms with Crippen LogP contribution in [0.4, 0.5) is 22.4 Å². The summed E-state index contributed by atoms with van der Waals surface area (Å²) in [6.07, 6.45) is -0.0325. The van der Waals surface area contributed by atoms with Gasteiger partial charge in [-0.15, -0.1) is 0 Å². The Morgan fingerprint density at radius 1 is 1.12 bits per heavy atom. The number of benzene rings is 1. The molecule has 2 aliphatic heterocycles. The van der Waals surface area contributed by atoms with Gasteiger partial charge in [0.15, 0.2) is 11.6 Å². The molecule has 1 aromatic carbocycles. The molecule has 3 N–H and O–H groups in total. The second-order valence-corrected chi connectivity index (χ2v) is 19.0. The first kappa shape index (κ1) is 43.9. The number of pyridine rings is 1. The van der Waals surface area contributed by atoms with Gasteiger partial charge in [-0.3, -0.25) is 19.1 Å². The van der Waals surface area contributed by atoms with Crippen LogP contribution in [-0.4, -0.2) is 96.0 Å². The normalized spacial score (nSPS) is 28.6. The molecule has 2 aliphatic carbocycles. The van der Waals surface area contributed by atoms with E-state index in [1.54, 1.807) is 26.0 Å². The number of methoxy groups -OCH3 is 1. The number of hydrogen-bond donors (Lipinski definition) is 3. The average molecular weight is 854 g/mol. The highest BCUT2D eigenvalue weighted by Crippen LogP contribution is 2.49. The van der Waals surface area contributed by atoms with Crippen molar-refractivity contribution in [2.24, 2.45) is 17.8 Å². The number of nitrogens with one attached hydrogen (secondary N) is 3. The number of amides is 4. The molecule has 3 fully saturated rings. The molecular weight excluding hydrogens is 803 g/mol. The molecule has 0 bridgehead atoms. The number of ether oxygens (including phenoxy) is 3. The minimum absolute atomic E-state index is 0.0243.